The van der Waals surface area contributed by atoms with Gasteiger partial charge in [0.25, 0.3) is 0 Å². The van der Waals surface area contributed by atoms with Crippen molar-refractivity contribution in [2.24, 2.45) is 5.92 Å². The van der Waals surface area contributed by atoms with Gasteiger partial charge >= 0.3 is 0 Å². The molecule has 0 aliphatic carbocycles. The number of rotatable bonds is 3. The van der Waals surface area contributed by atoms with E-state index in [0.717, 1.165) is 12.0 Å². The second kappa shape index (κ2) is 5.48. The molecular formula is C13H27N3. The highest BCUT2D eigenvalue weighted by Gasteiger charge is 2.27. The number of hydrogen-bond donors (Lipinski definition) is 0. The summed E-state index contributed by atoms with van der Waals surface area (Å²) < 4.78 is 0. The molecule has 16 heavy (non-hydrogen) atoms. The normalized spacial score (nSPS) is 34.7. The summed E-state index contributed by atoms with van der Waals surface area (Å²) in [4.78, 5) is 7.74. The maximum absolute atomic E-state index is 2.70. The van der Waals surface area contributed by atoms with Crippen LogP contribution in [0.3, 0.4) is 0 Å². The van der Waals surface area contributed by atoms with Crippen molar-refractivity contribution in [3.63, 3.8) is 0 Å². The molecule has 2 atom stereocenters. The number of hydrogen-bond acceptors (Lipinski definition) is 3. The minimum absolute atomic E-state index is 0.745. The molecule has 0 spiro atoms. The van der Waals surface area contributed by atoms with Gasteiger partial charge in [0.2, 0.25) is 0 Å². The first-order valence-corrected chi connectivity index (χ1v) is 6.84. The Kier molecular flexibility index (Phi) is 4.22. The lowest BCUT2D eigenvalue weighted by Gasteiger charge is -2.39. The fourth-order valence-electron chi connectivity index (χ4n) is 3.13. The van der Waals surface area contributed by atoms with Gasteiger partial charge in [-0.3, -0.25) is 4.90 Å². The SMILES string of the molecule is CCN1CCC(CN2CCN(C)CC2C)C1. The number of likely N-dealkylation sites (N-methyl/N-ethyl adjacent to an activating group) is 1. The average Bonchev–Trinajstić information content (AvgIpc) is 2.70. The number of piperazine rings is 1. The van der Waals surface area contributed by atoms with Crippen LogP contribution in [0, 0.1) is 5.92 Å². The monoisotopic (exact) mass is 225 g/mol. The van der Waals surface area contributed by atoms with Gasteiger partial charge < -0.3 is 9.80 Å². The molecule has 0 aromatic heterocycles. The van der Waals surface area contributed by atoms with Crippen molar-refractivity contribution in [2.75, 3.05) is 52.9 Å². The maximum Gasteiger partial charge on any atom is 0.0195 e. The van der Waals surface area contributed by atoms with E-state index >= 15 is 0 Å². The van der Waals surface area contributed by atoms with Gasteiger partial charge in [-0.05, 0) is 39.4 Å². The fourth-order valence-corrected chi connectivity index (χ4v) is 3.13. The van der Waals surface area contributed by atoms with Crippen LogP contribution in [0.5, 0.6) is 0 Å². The minimum Gasteiger partial charge on any atom is -0.304 e. The summed E-state index contributed by atoms with van der Waals surface area (Å²) in [5.74, 6) is 0.922. The zero-order chi connectivity index (χ0) is 11.5. The molecule has 0 radical (unpaired) electrons. The summed E-state index contributed by atoms with van der Waals surface area (Å²) in [6, 6.07) is 0.745. The molecule has 94 valence electrons. The third-order valence-electron chi connectivity index (χ3n) is 4.28. The molecule has 2 aliphatic rings. The van der Waals surface area contributed by atoms with Crippen molar-refractivity contribution in [1.29, 1.82) is 0 Å². The van der Waals surface area contributed by atoms with E-state index in [9.17, 15) is 0 Å². The molecular weight excluding hydrogens is 198 g/mol. The summed E-state index contributed by atoms with van der Waals surface area (Å²) in [6.45, 7) is 13.6. The lowest BCUT2D eigenvalue weighted by Crippen LogP contribution is -2.51. The van der Waals surface area contributed by atoms with Crippen LogP contribution in [0.15, 0.2) is 0 Å². The van der Waals surface area contributed by atoms with Crippen LogP contribution in [0.25, 0.3) is 0 Å². The van der Waals surface area contributed by atoms with E-state index in [4.69, 9.17) is 0 Å². The van der Waals surface area contributed by atoms with Crippen LogP contribution >= 0.6 is 0 Å². The lowest BCUT2D eigenvalue weighted by atomic mass is 10.1. The molecule has 0 N–H and O–H groups in total. The molecule has 2 rings (SSSR count). The molecule has 2 aliphatic heterocycles. The van der Waals surface area contributed by atoms with E-state index in [0.29, 0.717) is 0 Å². The summed E-state index contributed by atoms with van der Waals surface area (Å²) in [7, 11) is 2.24. The van der Waals surface area contributed by atoms with E-state index in [1.54, 1.807) is 0 Å². The quantitative estimate of drug-likeness (QED) is 0.708. The molecule has 0 saturated carbocycles. The summed E-state index contributed by atoms with van der Waals surface area (Å²) >= 11 is 0. The first kappa shape index (κ1) is 12.3. The Balaban J connectivity index is 1.77. The first-order chi connectivity index (χ1) is 7.69. The second-order valence-electron chi connectivity index (χ2n) is 5.65. The molecule has 2 saturated heterocycles. The minimum atomic E-state index is 0.745. The van der Waals surface area contributed by atoms with Crippen molar-refractivity contribution < 1.29 is 0 Å². The molecule has 0 amide bonds. The van der Waals surface area contributed by atoms with Gasteiger partial charge in [-0.25, -0.2) is 0 Å². The fraction of sp³-hybridized carbons (Fsp3) is 1.00. The van der Waals surface area contributed by atoms with Crippen molar-refractivity contribution in [2.45, 2.75) is 26.3 Å². The number of nitrogens with zero attached hydrogens (tertiary/aromatic N) is 3. The van der Waals surface area contributed by atoms with Gasteiger partial charge in [-0.1, -0.05) is 6.92 Å². The Labute approximate surface area is 100 Å². The molecule has 0 aromatic carbocycles. The highest BCUT2D eigenvalue weighted by Crippen LogP contribution is 2.19. The number of likely N-dealkylation sites (tertiary alicyclic amines) is 1. The highest BCUT2D eigenvalue weighted by molar-refractivity contribution is 4.83. The van der Waals surface area contributed by atoms with Crippen molar-refractivity contribution in [3.8, 4) is 0 Å². The van der Waals surface area contributed by atoms with Crippen LogP contribution in [0.1, 0.15) is 20.3 Å². The van der Waals surface area contributed by atoms with Gasteiger partial charge in [0, 0.05) is 38.8 Å². The van der Waals surface area contributed by atoms with Crippen LogP contribution in [-0.4, -0.2) is 73.6 Å². The largest absolute Gasteiger partial charge is 0.304 e. The van der Waals surface area contributed by atoms with Gasteiger partial charge in [0.05, 0.1) is 0 Å². The van der Waals surface area contributed by atoms with E-state index in [1.165, 1.54) is 52.2 Å². The molecule has 2 unspecified atom stereocenters. The van der Waals surface area contributed by atoms with E-state index in [1.807, 2.05) is 0 Å². The summed E-state index contributed by atoms with van der Waals surface area (Å²) in [6.07, 6.45) is 1.41. The van der Waals surface area contributed by atoms with E-state index < -0.39 is 0 Å². The Hall–Kier alpha value is -0.120. The lowest BCUT2D eigenvalue weighted by molar-refractivity contribution is 0.0857. The van der Waals surface area contributed by atoms with Gasteiger partial charge in [0.1, 0.15) is 0 Å². The first-order valence-electron chi connectivity index (χ1n) is 6.84. The zero-order valence-corrected chi connectivity index (χ0v) is 11.2. The van der Waals surface area contributed by atoms with Gasteiger partial charge in [-0.2, -0.15) is 0 Å². The molecule has 2 heterocycles. The van der Waals surface area contributed by atoms with Crippen LogP contribution in [0.2, 0.25) is 0 Å². The van der Waals surface area contributed by atoms with Crippen LogP contribution in [-0.2, 0) is 0 Å². The molecule has 0 aromatic rings. The molecule has 0 bridgehead atoms. The molecule has 3 nitrogen and oxygen atoms in total. The van der Waals surface area contributed by atoms with Crippen molar-refractivity contribution >= 4 is 0 Å². The van der Waals surface area contributed by atoms with E-state index in [2.05, 4.69) is 35.6 Å². The van der Waals surface area contributed by atoms with Gasteiger partial charge in [-0.15, -0.1) is 0 Å². The summed E-state index contributed by atoms with van der Waals surface area (Å²) in [5.41, 5.74) is 0. The summed E-state index contributed by atoms with van der Waals surface area (Å²) in [5, 5.41) is 0. The molecule has 2 fully saturated rings. The average molecular weight is 225 g/mol. The van der Waals surface area contributed by atoms with Crippen molar-refractivity contribution in [1.82, 2.24) is 14.7 Å². The third kappa shape index (κ3) is 2.96. The Morgan fingerprint density at radius 3 is 2.56 bits per heavy atom. The highest BCUT2D eigenvalue weighted by atomic mass is 15.3. The van der Waals surface area contributed by atoms with Crippen molar-refractivity contribution in [3.05, 3.63) is 0 Å². The van der Waals surface area contributed by atoms with Crippen LogP contribution < -0.4 is 0 Å². The predicted molar refractivity (Wildman–Crippen MR) is 68.8 cm³/mol. The maximum atomic E-state index is 2.70. The Bertz CT molecular complexity index is 219. The Morgan fingerprint density at radius 2 is 1.94 bits per heavy atom. The van der Waals surface area contributed by atoms with Crippen LogP contribution in [0.4, 0.5) is 0 Å². The van der Waals surface area contributed by atoms with E-state index in [-0.39, 0.29) is 0 Å². The smallest absolute Gasteiger partial charge is 0.0195 e. The molecule has 3 heteroatoms. The third-order valence-corrected chi connectivity index (χ3v) is 4.28. The zero-order valence-electron chi connectivity index (χ0n) is 11.2. The van der Waals surface area contributed by atoms with Gasteiger partial charge in [0.15, 0.2) is 0 Å². The second-order valence-corrected chi connectivity index (χ2v) is 5.65. The standard InChI is InChI=1S/C13H27N3/c1-4-15-6-5-13(10-15)11-16-8-7-14(3)9-12(16)2/h12-13H,4-11H2,1-3H3. The topological polar surface area (TPSA) is 9.72 Å². The predicted octanol–water partition coefficient (Wildman–Crippen LogP) is 0.964. The Morgan fingerprint density at radius 1 is 1.12 bits per heavy atom.